The summed E-state index contributed by atoms with van der Waals surface area (Å²) in [6, 6.07) is 1.50. The summed E-state index contributed by atoms with van der Waals surface area (Å²) in [7, 11) is 1.75. The van der Waals surface area contributed by atoms with Crippen molar-refractivity contribution < 1.29 is 18.4 Å². The SMILES string of the molecule is CC(C)C(C(=O)N1CCC(NC(=O)c2cnn(C)c2)CC1)n1cnc2cc(F)c(F)cc21. The van der Waals surface area contributed by atoms with E-state index in [2.05, 4.69) is 15.4 Å². The van der Waals surface area contributed by atoms with E-state index < -0.39 is 17.7 Å². The number of carbonyl (C=O) groups is 2. The van der Waals surface area contributed by atoms with Crippen LogP contribution in [-0.2, 0) is 11.8 Å². The third-order valence-corrected chi connectivity index (χ3v) is 5.91. The lowest BCUT2D eigenvalue weighted by molar-refractivity contribution is -0.137. The van der Waals surface area contributed by atoms with E-state index in [0.717, 1.165) is 12.1 Å². The standard InChI is InChI=1S/C22H26F2N6O2/c1-13(2)20(30-12-25-18-8-16(23)17(24)9-19(18)30)22(32)29-6-4-15(5-7-29)27-21(31)14-10-26-28(3)11-14/h8-13,15,20H,4-7H2,1-3H3,(H,27,31). The van der Waals surface area contributed by atoms with Crippen molar-refractivity contribution in [2.45, 2.75) is 38.8 Å². The molecule has 0 radical (unpaired) electrons. The molecule has 2 amide bonds. The van der Waals surface area contributed by atoms with E-state index in [0.29, 0.717) is 42.5 Å². The van der Waals surface area contributed by atoms with Gasteiger partial charge in [-0.3, -0.25) is 14.3 Å². The molecule has 1 aromatic carbocycles. The molecule has 0 saturated carbocycles. The number of nitrogens with one attached hydrogen (secondary N) is 1. The molecule has 32 heavy (non-hydrogen) atoms. The highest BCUT2D eigenvalue weighted by Gasteiger charge is 2.32. The number of amides is 2. The number of halogens is 2. The number of likely N-dealkylation sites (tertiary alicyclic amines) is 1. The van der Waals surface area contributed by atoms with Gasteiger partial charge in [0.2, 0.25) is 5.91 Å². The third kappa shape index (κ3) is 4.21. The Hall–Kier alpha value is -3.30. The van der Waals surface area contributed by atoms with Gasteiger partial charge in [-0.25, -0.2) is 13.8 Å². The van der Waals surface area contributed by atoms with Crippen LogP contribution in [0.5, 0.6) is 0 Å². The number of benzene rings is 1. The van der Waals surface area contributed by atoms with Crippen LogP contribution in [0.2, 0.25) is 0 Å². The fraction of sp³-hybridized carbons (Fsp3) is 0.455. The predicted octanol–water partition coefficient (Wildman–Crippen LogP) is 2.67. The van der Waals surface area contributed by atoms with E-state index in [9.17, 15) is 18.4 Å². The second kappa shape index (κ2) is 8.68. The number of rotatable bonds is 5. The van der Waals surface area contributed by atoms with Gasteiger partial charge in [-0.05, 0) is 18.8 Å². The normalized spacial score (nSPS) is 16.0. The average molecular weight is 444 g/mol. The van der Waals surface area contributed by atoms with Gasteiger partial charge < -0.3 is 14.8 Å². The maximum Gasteiger partial charge on any atom is 0.254 e. The summed E-state index contributed by atoms with van der Waals surface area (Å²) in [5.41, 5.74) is 1.19. The van der Waals surface area contributed by atoms with Crippen molar-refractivity contribution in [2.24, 2.45) is 13.0 Å². The zero-order valence-corrected chi connectivity index (χ0v) is 18.3. The highest BCUT2D eigenvalue weighted by molar-refractivity contribution is 5.93. The second-order valence-corrected chi connectivity index (χ2v) is 8.57. The number of fused-ring (bicyclic) bond motifs is 1. The van der Waals surface area contributed by atoms with Crippen molar-refractivity contribution in [3.63, 3.8) is 0 Å². The molecular formula is C22H26F2N6O2. The molecule has 170 valence electrons. The monoisotopic (exact) mass is 444 g/mol. The quantitative estimate of drug-likeness (QED) is 0.656. The Kier molecular flexibility index (Phi) is 5.94. The molecule has 4 rings (SSSR count). The van der Waals surface area contributed by atoms with Crippen LogP contribution in [0.3, 0.4) is 0 Å². The molecule has 0 aliphatic carbocycles. The van der Waals surface area contributed by atoms with Crippen LogP contribution >= 0.6 is 0 Å². The van der Waals surface area contributed by atoms with Gasteiger partial charge in [0.15, 0.2) is 11.6 Å². The lowest BCUT2D eigenvalue weighted by Gasteiger charge is -2.36. The maximum atomic E-state index is 13.8. The first kappa shape index (κ1) is 21.9. The molecular weight excluding hydrogens is 418 g/mol. The summed E-state index contributed by atoms with van der Waals surface area (Å²) < 4.78 is 30.6. The lowest BCUT2D eigenvalue weighted by Crippen LogP contribution is -2.48. The fourth-order valence-corrected chi connectivity index (χ4v) is 4.21. The van der Waals surface area contributed by atoms with Gasteiger partial charge in [0, 0.05) is 44.5 Å². The van der Waals surface area contributed by atoms with E-state index in [1.807, 2.05) is 13.8 Å². The maximum absolute atomic E-state index is 13.8. The molecule has 1 fully saturated rings. The molecule has 0 bridgehead atoms. The van der Waals surface area contributed by atoms with Crippen molar-refractivity contribution in [2.75, 3.05) is 13.1 Å². The van der Waals surface area contributed by atoms with Crippen LogP contribution in [0.15, 0.2) is 30.9 Å². The molecule has 1 aliphatic rings. The van der Waals surface area contributed by atoms with Gasteiger partial charge >= 0.3 is 0 Å². The molecule has 1 unspecified atom stereocenters. The molecule has 1 saturated heterocycles. The van der Waals surface area contributed by atoms with E-state index >= 15 is 0 Å². The van der Waals surface area contributed by atoms with Gasteiger partial charge in [-0.15, -0.1) is 0 Å². The van der Waals surface area contributed by atoms with E-state index in [-0.39, 0.29) is 23.8 Å². The molecule has 10 heteroatoms. The van der Waals surface area contributed by atoms with Crippen molar-refractivity contribution in [1.82, 2.24) is 29.5 Å². The predicted molar refractivity (Wildman–Crippen MR) is 114 cm³/mol. The summed E-state index contributed by atoms with van der Waals surface area (Å²) in [6.45, 7) is 4.82. The first-order valence-electron chi connectivity index (χ1n) is 10.6. The molecule has 1 aliphatic heterocycles. The van der Waals surface area contributed by atoms with Crippen molar-refractivity contribution in [3.05, 3.63) is 48.1 Å². The zero-order chi connectivity index (χ0) is 23.0. The largest absolute Gasteiger partial charge is 0.349 e. The summed E-state index contributed by atoms with van der Waals surface area (Å²) >= 11 is 0. The Bertz CT molecular complexity index is 1150. The fourth-order valence-electron chi connectivity index (χ4n) is 4.21. The summed E-state index contributed by atoms with van der Waals surface area (Å²) in [5.74, 6) is -2.30. The molecule has 1 N–H and O–H groups in total. The number of piperidine rings is 1. The minimum absolute atomic E-state index is 0.0320. The van der Waals surface area contributed by atoms with E-state index in [4.69, 9.17) is 0 Å². The molecule has 3 aromatic rings. The minimum atomic E-state index is -0.973. The highest BCUT2D eigenvalue weighted by atomic mass is 19.2. The molecule has 1 atom stereocenters. The molecule has 2 aromatic heterocycles. The molecule has 0 spiro atoms. The van der Waals surface area contributed by atoms with Crippen LogP contribution in [-0.4, -0.2) is 55.2 Å². The molecule has 3 heterocycles. The van der Waals surface area contributed by atoms with Gasteiger partial charge in [-0.1, -0.05) is 13.8 Å². The highest BCUT2D eigenvalue weighted by Crippen LogP contribution is 2.28. The first-order chi connectivity index (χ1) is 15.2. The van der Waals surface area contributed by atoms with Gasteiger partial charge in [0.25, 0.3) is 5.91 Å². The Morgan fingerprint density at radius 2 is 1.84 bits per heavy atom. The van der Waals surface area contributed by atoms with Crippen LogP contribution in [0.4, 0.5) is 8.78 Å². The Balaban J connectivity index is 1.45. The minimum Gasteiger partial charge on any atom is -0.349 e. The number of aromatic nitrogens is 4. The average Bonchev–Trinajstić information content (AvgIpc) is 3.35. The number of hydrogen-bond acceptors (Lipinski definition) is 4. The van der Waals surface area contributed by atoms with Gasteiger partial charge in [0.1, 0.15) is 6.04 Å². The Morgan fingerprint density at radius 1 is 1.16 bits per heavy atom. The van der Waals surface area contributed by atoms with Crippen molar-refractivity contribution in [3.8, 4) is 0 Å². The van der Waals surface area contributed by atoms with E-state index in [1.54, 1.807) is 27.4 Å². The number of carbonyl (C=O) groups excluding carboxylic acids is 2. The van der Waals surface area contributed by atoms with Crippen LogP contribution in [0.25, 0.3) is 11.0 Å². The number of hydrogen-bond donors (Lipinski definition) is 1. The topological polar surface area (TPSA) is 85.0 Å². The smallest absolute Gasteiger partial charge is 0.254 e. The third-order valence-electron chi connectivity index (χ3n) is 5.91. The van der Waals surface area contributed by atoms with Crippen LogP contribution in [0, 0.1) is 17.6 Å². The molecule has 8 nitrogen and oxygen atoms in total. The van der Waals surface area contributed by atoms with Gasteiger partial charge in [-0.2, -0.15) is 5.10 Å². The summed E-state index contributed by atoms with van der Waals surface area (Å²) in [4.78, 5) is 31.7. The zero-order valence-electron chi connectivity index (χ0n) is 18.3. The van der Waals surface area contributed by atoms with Crippen LogP contribution < -0.4 is 5.32 Å². The van der Waals surface area contributed by atoms with E-state index in [1.165, 1.54) is 12.5 Å². The van der Waals surface area contributed by atoms with Crippen molar-refractivity contribution in [1.29, 1.82) is 0 Å². The van der Waals surface area contributed by atoms with Crippen LogP contribution in [0.1, 0.15) is 43.1 Å². The Labute approximate surface area is 184 Å². The Morgan fingerprint density at radius 3 is 2.47 bits per heavy atom. The second-order valence-electron chi connectivity index (χ2n) is 8.57. The number of aryl methyl sites for hydroxylation is 1. The lowest BCUT2D eigenvalue weighted by atomic mass is 9.99. The number of imidazole rings is 1. The number of nitrogens with zero attached hydrogens (tertiary/aromatic N) is 5. The van der Waals surface area contributed by atoms with Crippen molar-refractivity contribution >= 4 is 22.8 Å². The first-order valence-corrected chi connectivity index (χ1v) is 10.6. The summed E-state index contributed by atoms with van der Waals surface area (Å²) in [5, 5.41) is 7.01. The summed E-state index contributed by atoms with van der Waals surface area (Å²) in [6.07, 6.45) is 5.91. The van der Waals surface area contributed by atoms with Gasteiger partial charge in [0.05, 0.1) is 29.1 Å².